The van der Waals surface area contributed by atoms with Gasteiger partial charge in [0.1, 0.15) is 0 Å². The summed E-state index contributed by atoms with van der Waals surface area (Å²) in [6.07, 6.45) is 2.10. The minimum Gasteiger partial charge on any atom is -0.378 e. The van der Waals surface area contributed by atoms with E-state index in [0.717, 1.165) is 18.7 Å². The first-order valence-electron chi connectivity index (χ1n) is 8.18. The number of benzene rings is 1. The minimum atomic E-state index is -0.0182. The Kier molecular flexibility index (Phi) is 3.79. The molecule has 4 rings (SSSR count). The van der Waals surface area contributed by atoms with Gasteiger partial charge in [-0.1, -0.05) is 30.3 Å². The summed E-state index contributed by atoms with van der Waals surface area (Å²) < 4.78 is 7.63. The Morgan fingerprint density at radius 3 is 2.52 bits per heavy atom. The molecule has 1 aromatic carbocycles. The van der Waals surface area contributed by atoms with Crippen LogP contribution in [0.2, 0.25) is 0 Å². The van der Waals surface area contributed by atoms with Crippen molar-refractivity contribution in [2.45, 2.75) is 12.6 Å². The lowest BCUT2D eigenvalue weighted by Gasteiger charge is -2.41. The van der Waals surface area contributed by atoms with E-state index in [0.29, 0.717) is 26.3 Å². The SMILES string of the molecule is O=C(N1CCOCC1)N1CCn2cccc2C1c1ccccc1. The topological polar surface area (TPSA) is 37.7 Å². The van der Waals surface area contributed by atoms with Crippen LogP contribution >= 0.6 is 0 Å². The molecule has 0 bridgehead atoms. The molecule has 1 saturated heterocycles. The van der Waals surface area contributed by atoms with Gasteiger partial charge in [0.2, 0.25) is 0 Å². The quantitative estimate of drug-likeness (QED) is 0.811. The molecule has 3 heterocycles. The molecule has 1 fully saturated rings. The number of hydrogen-bond acceptors (Lipinski definition) is 2. The van der Waals surface area contributed by atoms with E-state index in [1.165, 1.54) is 5.69 Å². The summed E-state index contributed by atoms with van der Waals surface area (Å²) in [6, 6.07) is 14.6. The van der Waals surface area contributed by atoms with E-state index in [2.05, 4.69) is 35.0 Å². The van der Waals surface area contributed by atoms with Gasteiger partial charge in [0.15, 0.2) is 0 Å². The third-order valence-corrected chi connectivity index (χ3v) is 4.68. The molecule has 2 aliphatic rings. The van der Waals surface area contributed by atoms with Crippen LogP contribution in [0.3, 0.4) is 0 Å². The molecule has 23 heavy (non-hydrogen) atoms. The van der Waals surface area contributed by atoms with Crippen molar-refractivity contribution >= 4 is 6.03 Å². The van der Waals surface area contributed by atoms with Crippen molar-refractivity contribution in [3.63, 3.8) is 0 Å². The van der Waals surface area contributed by atoms with Crippen molar-refractivity contribution in [1.82, 2.24) is 14.4 Å². The number of rotatable bonds is 1. The highest BCUT2D eigenvalue weighted by Crippen LogP contribution is 2.33. The number of hydrogen-bond donors (Lipinski definition) is 0. The van der Waals surface area contributed by atoms with E-state index in [4.69, 9.17) is 4.74 Å². The lowest BCUT2D eigenvalue weighted by molar-refractivity contribution is 0.0384. The Balaban J connectivity index is 1.69. The van der Waals surface area contributed by atoms with Crippen molar-refractivity contribution in [3.8, 4) is 0 Å². The molecule has 2 amide bonds. The Morgan fingerprint density at radius 2 is 1.74 bits per heavy atom. The second-order valence-corrected chi connectivity index (χ2v) is 6.02. The highest BCUT2D eigenvalue weighted by molar-refractivity contribution is 5.76. The number of fused-ring (bicyclic) bond motifs is 1. The van der Waals surface area contributed by atoms with Gasteiger partial charge in [0.05, 0.1) is 19.3 Å². The second kappa shape index (κ2) is 6.08. The summed E-state index contributed by atoms with van der Waals surface area (Å²) in [5.41, 5.74) is 2.35. The lowest BCUT2D eigenvalue weighted by Crippen LogP contribution is -2.52. The fourth-order valence-corrected chi connectivity index (χ4v) is 3.51. The average molecular weight is 311 g/mol. The third kappa shape index (κ3) is 2.61. The summed E-state index contributed by atoms with van der Waals surface area (Å²) in [6.45, 7) is 4.20. The zero-order valence-electron chi connectivity index (χ0n) is 13.1. The van der Waals surface area contributed by atoms with E-state index in [-0.39, 0.29) is 12.1 Å². The maximum absolute atomic E-state index is 13.1. The van der Waals surface area contributed by atoms with Crippen LogP contribution in [0.15, 0.2) is 48.7 Å². The Hall–Kier alpha value is -2.27. The smallest absolute Gasteiger partial charge is 0.321 e. The first-order chi connectivity index (χ1) is 11.3. The molecule has 0 spiro atoms. The van der Waals surface area contributed by atoms with Crippen LogP contribution in [-0.4, -0.2) is 53.2 Å². The van der Waals surface area contributed by atoms with Gasteiger partial charge >= 0.3 is 6.03 Å². The maximum atomic E-state index is 13.1. The standard InChI is InChI=1S/C18H21N3O2/c22-18(20-11-13-23-14-12-20)21-10-9-19-8-4-7-16(19)17(21)15-5-2-1-3-6-15/h1-8,17H,9-14H2. The van der Waals surface area contributed by atoms with Crippen molar-refractivity contribution < 1.29 is 9.53 Å². The van der Waals surface area contributed by atoms with Gasteiger partial charge in [-0.15, -0.1) is 0 Å². The van der Waals surface area contributed by atoms with E-state index >= 15 is 0 Å². The number of urea groups is 1. The first-order valence-corrected chi connectivity index (χ1v) is 8.18. The number of ether oxygens (including phenoxy) is 1. The molecule has 0 aliphatic carbocycles. The summed E-state index contributed by atoms with van der Waals surface area (Å²) in [5, 5.41) is 0. The molecule has 0 N–H and O–H groups in total. The Morgan fingerprint density at radius 1 is 0.957 bits per heavy atom. The molecular weight excluding hydrogens is 290 g/mol. The van der Waals surface area contributed by atoms with Crippen LogP contribution in [0.4, 0.5) is 4.79 Å². The Bertz CT molecular complexity index is 677. The van der Waals surface area contributed by atoms with Gasteiger partial charge in [-0.25, -0.2) is 4.79 Å². The van der Waals surface area contributed by atoms with Crippen molar-refractivity contribution in [2.24, 2.45) is 0 Å². The zero-order chi connectivity index (χ0) is 15.6. The predicted octanol–water partition coefficient (Wildman–Crippen LogP) is 2.35. The number of morpholine rings is 1. The number of nitrogens with zero attached hydrogens (tertiary/aromatic N) is 3. The average Bonchev–Trinajstić information content (AvgIpc) is 3.10. The molecule has 1 unspecified atom stereocenters. The van der Waals surface area contributed by atoms with E-state index < -0.39 is 0 Å². The minimum absolute atomic E-state index is 0.0182. The molecular formula is C18H21N3O2. The molecule has 120 valence electrons. The van der Waals surface area contributed by atoms with Crippen molar-refractivity contribution in [3.05, 3.63) is 59.9 Å². The van der Waals surface area contributed by atoms with E-state index in [1.807, 2.05) is 28.0 Å². The summed E-state index contributed by atoms with van der Waals surface area (Å²) in [5.74, 6) is 0. The van der Waals surface area contributed by atoms with Crippen LogP contribution in [0, 0.1) is 0 Å². The Labute approximate surface area is 136 Å². The van der Waals surface area contributed by atoms with Crippen LogP contribution in [-0.2, 0) is 11.3 Å². The molecule has 0 saturated carbocycles. The maximum Gasteiger partial charge on any atom is 0.321 e. The van der Waals surface area contributed by atoms with Crippen LogP contribution in [0.25, 0.3) is 0 Å². The van der Waals surface area contributed by atoms with Crippen molar-refractivity contribution in [2.75, 3.05) is 32.8 Å². The molecule has 5 heteroatoms. The van der Waals surface area contributed by atoms with Gasteiger partial charge in [-0.3, -0.25) is 0 Å². The van der Waals surface area contributed by atoms with Gasteiger partial charge < -0.3 is 19.1 Å². The third-order valence-electron chi connectivity index (χ3n) is 4.68. The summed E-state index contributed by atoms with van der Waals surface area (Å²) in [4.78, 5) is 17.0. The van der Waals surface area contributed by atoms with Crippen LogP contribution < -0.4 is 0 Å². The molecule has 5 nitrogen and oxygen atoms in total. The van der Waals surface area contributed by atoms with E-state index in [9.17, 15) is 4.79 Å². The molecule has 1 aromatic heterocycles. The lowest BCUT2D eigenvalue weighted by atomic mass is 10.0. The highest BCUT2D eigenvalue weighted by atomic mass is 16.5. The monoisotopic (exact) mass is 311 g/mol. The van der Waals surface area contributed by atoms with Crippen LogP contribution in [0.1, 0.15) is 17.3 Å². The fraction of sp³-hybridized carbons (Fsp3) is 0.389. The van der Waals surface area contributed by atoms with Gasteiger partial charge in [0.25, 0.3) is 0 Å². The molecule has 2 aliphatic heterocycles. The predicted molar refractivity (Wildman–Crippen MR) is 87.2 cm³/mol. The number of carbonyl (C=O) groups is 1. The second-order valence-electron chi connectivity index (χ2n) is 6.02. The normalized spacial score (nSPS) is 21.1. The van der Waals surface area contributed by atoms with Crippen LogP contribution in [0.5, 0.6) is 0 Å². The number of aromatic nitrogens is 1. The van der Waals surface area contributed by atoms with Crippen molar-refractivity contribution in [1.29, 1.82) is 0 Å². The molecule has 0 radical (unpaired) electrons. The zero-order valence-corrected chi connectivity index (χ0v) is 13.1. The fourth-order valence-electron chi connectivity index (χ4n) is 3.51. The first kappa shape index (κ1) is 14.3. The number of carbonyl (C=O) groups excluding carboxylic acids is 1. The summed E-state index contributed by atoms with van der Waals surface area (Å²) >= 11 is 0. The molecule has 1 atom stereocenters. The van der Waals surface area contributed by atoms with Gasteiger partial charge in [0, 0.05) is 38.1 Å². The van der Waals surface area contributed by atoms with E-state index in [1.54, 1.807) is 0 Å². The largest absolute Gasteiger partial charge is 0.378 e. The highest BCUT2D eigenvalue weighted by Gasteiger charge is 2.34. The summed E-state index contributed by atoms with van der Waals surface area (Å²) in [7, 11) is 0. The van der Waals surface area contributed by atoms with Gasteiger partial charge in [-0.05, 0) is 17.7 Å². The molecule has 2 aromatic rings. The van der Waals surface area contributed by atoms with Gasteiger partial charge in [-0.2, -0.15) is 0 Å². The number of amides is 2.